The van der Waals surface area contributed by atoms with Crippen molar-refractivity contribution < 1.29 is 9.53 Å². The molecule has 3 heterocycles. The number of ether oxygens (including phenoxy) is 1. The first-order valence-corrected chi connectivity index (χ1v) is 9.28. The number of likely N-dealkylation sites (N-methyl/N-ethyl adjacent to an activating group) is 1. The summed E-state index contributed by atoms with van der Waals surface area (Å²) < 4.78 is 5.46. The van der Waals surface area contributed by atoms with Gasteiger partial charge in [-0.2, -0.15) is 0 Å². The Labute approximate surface area is 154 Å². The number of H-pyrrole nitrogens is 1. The molecule has 0 aliphatic carbocycles. The number of nitrogens with zero attached hydrogens (tertiary/aromatic N) is 4. The Bertz CT molecular complexity index is 684. The van der Waals surface area contributed by atoms with Crippen LogP contribution >= 0.6 is 0 Å². The normalized spacial score (nSPS) is 23.5. The van der Waals surface area contributed by atoms with Crippen LogP contribution in [0.5, 0.6) is 0 Å². The monoisotopic (exact) mass is 363 g/mol. The minimum atomic E-state index is -0.146. The molecule has 1 amide bonds. The zero-order valence-corrected chi connectivity index (χ0v) is 15.9. The van der Waals surface area contributed by atoms with E-state index in [1.54, 1.807) is 11.0 Å². The van der Waals surface area contributed by atoms with Gasteiger partial charge in [0.2, 0.25) is 11.9 Å². The number of rotatable bonds is 5. The van der Waals surface area contributed by atoms with Gasteiger partial charge < -0.3 is 14.5 Å². The van der Waals surface area contributed by atoms with Crippen molar-refractivity contribution in [3.05, 3.63) is 22.1 Å². The summed E-state index contributed by atoms with van der Waals surface area (Å²) in [7, 11) is 5.73. The van der Waals surface area contributed by atoms with Crippen LogP contribution in [0.15, 0.2) is 10.9 Å². The number of hydrogen-bond donors (Lipinski definition) is 1. The second-order valence-electron chi connectivity index (χ2n) is 7.51. The second kappa shape index (κ2) is 8.18. The quantitative estimate of drug-likeness (QED) is 0.810. The average Bonchev–Trinajstić information content (AvgIpc) is 3.11. The Hall–Kier alpha value is -1.93. The molecule has 144 valence electrons. The van der Waals surface area contributed by atoms with Crippen molar-refractivity contribution in [2.45, 2.75) is 31.8 Å². The van der Waals surface area contributed by atoms with Crippen molar-refractivity contribution in [2.75, 3.05) is 52.3 Å². The van der Waals surface area contributed by atoms with Gasteiger partial charge in [-0.3, -0.25) is 19.5 Å². The molecule has 0 bridgehead atoms. The van der Waals surface area contributed by atoms with Gasteiger partial charge in [0.05, 0.1) is 18.2 Å². The van der Waals surface area contributed by atoms with Gasteiger partial charge in [-0.1, -0.05) is 0 Å². The van der Waals surface area contributed by atoms with Crippen molar-refractivity contribution in [2.24, 2.45) is 5.92 Å². The van der Waals surface area contributed by atoms with E-state index in [4.69, 9.17) is 4.74 Å². The molecule has 0 radical (unpaired) electrons. The fraction of sp³-hybridized carbons (Fsp3) is 0.722. The zero-order valence-electron chi connectivity index (χ0n) is 15.9. The number of anilines is 1. The fourth-order valence-corrected chi connectivity index (χ4v) is 3.67. The summed E-state index contributed by atoms with van der Waals surface area (Å²) in [5, 5.41) is 0. The molecule has 2 saturated heterocycles. The third-order valence-corrected chi connectivity index (χ3v) is 5.23. The van der Waals surface area contributed by atoms with Crippen molar-refractivity contribution in [1.29, 1.82) is 0 Å². The lowest BCUT2D eigenvalue weighted by Crippen LogP contribution is -2.41. The molecular weight excluding hydrogens is 334 g/mol. The number of aromatic amines is 1. The highest BCUT2D eigenvalue weighted by Gasteiger charge is 2.33. The minimum absolute atomic E-state index is 0.0183. The first kappa shape index (κ1) is 18.8. The van der Waals surface area contributed by atoms with Crippen LogP contribution in [0.2, 0.25) is 0 Å². The topological polar surface area (TPSA) is 81.8 Å². The zero-order chi connectivity index (χ0) is 18.7. The van der Waals surface area contributed by atoms with Crippen LogP contribution in [-0.2, 0) is 16.1 Å². The number of carbonyl (C=O) groups excluding carboxylic acids is 1. The highest BCUT2D eigenvalue weighted by Crippen LogP contribution is 2.22. The van der Waals surface area contributed by atoms with Crippen LogP contribution in [-0.4, -0.2) is 79.2 Å². The highest BCUT2D eigenvalue weighted by molar-refractivity contribution is 5.79. The van der Waals surface area contributed by atoms with E-state index in [9.17, 15) is 9.59 Å². The second-order valence-corrected chi connectivity index (χ2v) is 7.51. The Balaban J connectivity index is 1.58. The third kappa shape index (κ3) is 4.42. The Morgan fingerprint density at radius 2 is 2.19 bits per heavy atom. The molecule has 8 nitrogen and oxygen atoms in total. The molecule has 2 aliphatic heterocycles. The summed E-state index contributed by atoms with van der Waals surface area (Å²) in [4.78, 5) is 37.7. The molecule has 3 rings (SSSR count). The summed E-state index contributed by atoms with van der Waals surface area (Å²) in [5.74, 6) is 0.802. The largest absolute Gasteiger partial charge is 0.381 e. The highest BCUT2D eigenvalue weighted by atomic mass is 16.5. The van der Waals surface area contributed by atoms with Crippen LogP contribution in [0.25, 0.3) is 0 Å². The summed E-state index contributed by atoms with van der Waals surface area (Å²) in [6.45, 7) is 3.43. The third-order valence-electron chi connectivity index (χ3n) is 5.23. The van der Waals surface area contributed by atoms with E-state index in [0.29, 0.717) is 19.1 Å². The molecule has 2 atom stereocenters. The van der Waals surface area contributed by atoms with Gasteiger partial charge in [-0.05, 0) is 26.3 Å². The van der Waals surface area contributed by atoms with Crippen LogP contribution in [0.3, 0.4) is 0 Å². The Morgan fingerprint density at radius 1 is 1.38 bits per heavy atom. The van der Waals surface area contributed by atoms with E-state index in [1.165, 1.54) is 0 Å². The molecule has 0 spiro atoms. The summed E-state index contributed by atoms with van der Waals surface area (Å²) >= 11 is 0. The van der Waals surface area contributed by atoms with Crippen LogP contribution in [0, 0.1) is 5.92 Å². The van der Waals surface area contributed by atoms with E-state index < -0.39 is 0 Å². The Morgan fingerprint density at radius 3 is 2.88 bits per heavy atom. The number of carbonyl (C=O) groups is 1. The molecule has 2 aliphatic rings. The molecule has 1 N–H and O–H groups in total. The predicted octanol–water partition coefficient (Wildman–Crippen LogP) is 0.295. The van der Waals surface area contributed by atoms with Gasteiger partial charge in [-0.15, -0.1) is 0 Å². The van der Waals surface area contributed by atoms with Gasteiger partial charge in [0.15, 0.2) is 0 Å². The number of amides is 1. The lowest BCUT2D eigenvalue weighted by atomic mass is 10.0. The van der Waals surface area contributed by atoms with E-state index >= 15 is 0 Å². The summed E-state index contributed by atoms with van der Waals surface area (Å²) in [6.07, 6.45) is 2.84. The van der Waals surface area contributed by atoms with Gasteiger partial charge in [-0.25, -0.2) is 4.98 Å². The lowest BCUT2D eigenvalue weighted by Gasteiger charge is -2.28. The average molecular weight is 363 g/mol. The first-order chi connectivity index (χ1) is 12.4. The first-order valence-electron chi connectivity index (χ1n) is 9.28. The molecule has 0 saturated carbocycles. The number of nitrogens with one attached hydrogen (secondary N) is 1. The van der Waals surface area contributed by atoms with Crippen molar-refractivity contribution in [1.82, 2.24) is 19.8 Å². The summed E-state index contributed by atoms with van der Waals surface area (Å²) in [6, 6.07) is 1.83. The van der Waals surface area contributed by atoms with Crippen LogP contribution in [0.1, 0.15) is 25.0 Å². The number of likely N-dealkylation sites (tertiary alicyclic amines) is 1. The van der Waals surface area contributed by atoms with Gasteiger partial charge in [0.1, 0.15) is 0 Å². The molecule has 26 heavy (non-hydrogen) atoms. The van der Waals surface area contributed by atoms with Crippen molar-refractivity contribution in [3.8, 4) is 0 Å². The standard InChI is InChI=1S/C18H29N5O3/c1-21(2)18-19-14(9-16(24)20-18)10-22(3)15-6-7-23(11-15)17(25)13-5-4-8-26-12-13/h9,13,15H,4-8,10-12H2,1-3H3,(H,19,20,24)/t13-,15-/m1/s1. The van der Waals surface area contributed by atoms with E-state index in [-0.39, 0.29) is 23.4 Å². The van der Waals surface area contributed by atoms with Crippen molar-refractivity contribution in [3.63, 3.8) is 0 Å². The van der Waals surface area contributed by atoms with Crippen molar-refractivity contribution >= 4 is 11.9 Å². The molecule has 2 fully saturated rings. The van der Waals surface area contributed by atoms with Gasteiger partial charge in [0.25, 0.3) is 5.56 Å². The molecule has 8 heteroatoms. The maximum absolute atomic E-state index is 12.7. The van der Waals surface area contributed by atoms with Crippen LogP contribution in [0.4, 0.5) is 5.95 Å². The number of aromatic nitrogens is 2. The molecule has 0 aromatic carbocycles. The Kier molecular flexibility index (Phi) is 5.93. The SMILES string of the molecule is CN(C)c1nc(CN(C)[C@@H]2CCN(C(=O)[C@@H]3CCCOC3)C2)cc(=O)[nH]1. The summed E-state index contributed by atoms with van der Waals surface area (Å²) in [5.41, 5.74) is 0.595. The number of hydrogen-bond acceptors (Lipinski definition) is 6. The minimum Gasteiger partial charge on any atom is -0.381 e. The fourth-order valence-electron chi connectivity index (χ4n) is 3.67. The van der Waals surface area contributed by atoms with E-state index in [1.807, 2.05) is 26.0 Å². The predicted molar refractivity (Wildman–Crippen MR) is 99.2 cm³/mol. The lowest BCUT2D eigenvalue weighted by molar-refractivity contribution is -0.138. The smallest absolute Gasteiger partial charge is 0.252 e. The van der Waals surface area contributed by atoms with E-state index in [0.717, 1.165) is 44.7 Å². The molecule has 0 unspecified atom stereocenters. The molecular formula is C18H29N5O3. The maximum atomic E-state index is 12.7. The van der Waals surface area contributed by atoms with Crippen LogP contribution < -0.4 is 10.5 Å². The maximum Gasteiger partial charge on any atom is 0.252 e. The molecule has 1 aromatic rings. The van der Waals surface area contributed by atoms with E-state index in [2.05, 4.69) is 14.9 Å². The van der Waals surface area contributed by atoms with Gasteiger partial charge in [0, 0.05) is 52.4 Å². The molecule has 1 aromatic heterocycles. The van der Waals surface area contributed by atoms with Gasteiger partial charge >= 0.3 is 0 Å².